The molecule has 0 aromatic rings. The van der Waals surface area contributed by atoms with Crippen molar-refractivity contribution in [3.63, 3.8) is 0 Å². The van der Waals surface area contributed by atoms with Crippen LogP contribution in [0.15, 0.2) is 12.7 Å². The molecule has 32 heavy (non-hydrogen) atoms. The summed E-state index contributed by atoms with van der Waals surface area (Å²) in [6, 6.07) is 0. The minimum absolute atomic E-state index is 0.168. The molecule has 0 N–H and O–H groups in total. The zero-order chi connectivity index (χ0) is 24.0. The number of quaternary nitrogens is 1. The molecule has 0 bridgehead atoms. The Hall–Kier alpha value is -0.190. The fourth-order valence-corrected chi connectivity index (χ4v) is 4.41. The molecule has 192 valence electrons. The number of allylic oxidation sites excluding steroid dienone is 1. The maximum atomic E-state index is 11.7. The third-order valence-electron chi connectivity index (χ3n) is 5.81. The maximum absolute atomic E-state index is 11.7. The molecule has 0 saturated carbocycles. The highest BCUT2D eigenvalue weighted by atomic mass is 31.2. The molecular formula is C26H54NO4P. The molecule has 0 rings (SSSR count). The van der Waals surface area contributed by atoms with Gasteiger partial charge in [-0.25, -0.2) is 0 Å². The largest absolute Gasteiger partial charge is 0.756 e. The van der Waals surface area contributed by atoms with Crippen LogP contribution < -0.4 is 4.89 Å². The average Bonchev–Trinajstić information content (AvgIpc) is 2.71. The third-order valence-corrected chi connectivity index (χ3v) is 6.81. The van der Waals surface area contributed by atoms with Crippen LogP contribution in [0.3, 0.4) is 0 Å². The van der Waals surface area contributed by atoms with Crippen LogP contribution in [0.5, 0.6) is 0 Å². The molecule has 0 spiro atoms. The highest BCUT2D eigenvalue weighted by Gasteiger charge is 2.12. The minimum Gasteiger partial charge on any atom is -0.756 e. The third kappa shape index (κ3) is 26.1. The lowest BCUT2D eigenvalue weighted by atomic mass is 10.0. The lowest BCUT2D eigenvalue weighted by molar-refractivity contribution is -0.870. The predicted molar refractivity (Wildman–Crippen MR) is 136 cm³/mol. The van der Waals surface area contributed by atoms with E-state index < -0.39 is 7.82 Å². The number of nitrogens with zero attached hydrogens (tertiary/aromatic N) is 1. The Morgan fingerprint density at radius 3 is 1.38 bits per heavy atom. The fraction of sp³-hybridized carbons (Fsp3) is 0.923. The number of phosphoric ester groups is 1. The lowest BCUT2D eigenvalue weighted by Crippen LogP contribution is -2.37. The normalized spacial score (nSPS) is 13.9. The summed E-state index contributed by atoms with van der Waals surface area (Å²) in [6.45, 7) is 4.81. The summed E-state index contributed by atoms with van der Waals surface area (Å²) < 4.78 is 22.2. The Labute approximate surface area is 200 Å². The van der Waals surface area contributed by atoms with Crippen LogP contribution in [0.25, 0.3) is 0 Å². The molecular weight excluding hydrogens is 421 g/mol. The van der Waals surface area contributed by atoms with Crippen LogP contribution in [-0.2, 0) is 13.6 Å². The van der Waals surface area contributed by atoms with Gasteiger partial charge in [0.25, 0.3) is 7.82 Å². The molecule has 0 heterocycles. The Kier molecular flexibility index (Phi) is 21.2. The van der Waals surface area contributed by atoms with Crippen LogP contribution >= 0.6 is 7.82 Å². The molecule has 0 aliphatic carbocycles. The SMILES string of the molecule is C=CCCCCCCCCCCCCCCCCCCCOP(=O)([O-])OCC[N+](C)(C)C. The highest BCUT2D eigenvalue weighted by molar-refractivity contribution is 7.45. The first-order valence-corrected chi connectivity index (χ1v) is 14.7. The number of phosphoric acid groups is 1. The highest BCUT2D eigenvalue weighted by Crippen LogP contribution is 2.38. The predicted octanol–water partition coefficient (Wildman–Crippen LogP) is 7.40. The summed E-state index contributed by atoms with van der Waals surface area (Å²) in [5, 5.41) is 0. The van der Waals surface area contributed by atoms with E-state index >= 15 is 0 Å². The van der Waals surface area contributed by atoms with E-state index in [2.05, 4.69) is 6.58 Å². The van der Waals surface area contributed by atoms with Crippen molar-refractivity contribution in [2.24, 2.45) is 0 Å². The number of rotatable bonds is 25. The summed E-state index contributed by atoms with van der Waals surface area (Å²) in [4.78, 5) is 11.7. The smallest absolute Gasteiger partial charge is 0.268 e. The van der Waals surface area contributed by atoms with Crippen molar-refractivity contribution in [2.75, 3.05) is 40.9 Å². The second-order valence-electron chi connectivity index (χ2n) is 10.2. The Balaban J connectivity index is 3.25. The summed E-state index contributed by atoms with van der Waals surface area (Å²) in [5.41, 5.74) is 0. The first kappa shape index (κ1) is 31.8. The van der Waals surface area contributed by atoms with Crippen molar-refractivity contribution in [1.82, 2.24) is 0 Å². The van der Waals surface area contributed by atoms with Crippen molar-refractivity contribution >= 4 is 7.82 Å². The van der Waals surface area contributed by atoms with Crippen molar-refractivity contribution in [3.05, 3.63) is 12.7 Å². The van der Waals surface area contributed by atoms with Crippen LogP contribution in [-0.4, -0.2) is 45.4 Å². The van der Waals surface area contributed by atoms with E-state index in [0.29, 0.717) is 11.0 Å². The van der Waals surface area contributed by atoms with Crippen molar-refractivity contribution in [1.29, 1.82) is 0 Å². The maximum Gasteiger partial charge on any atom is 0.268 e. The second-order valence-corrected chi connectivity index (χ2v) is 11.6. The van der Waals surface area contributed by atoms with E-state index in [1.54, 1.807) is 0 Å². The topological polar surface area (TPSA) is 58.6 Å². The van der Waals surface area contributed by atoms with Gasteiger partial charge in [0, 0.05) is 0 Å². The molecule has 0 aromatic heterocycles. The number of unbranched alkanes of at least 4 members (excludes halogenated alkanes) is 17. The molecule has 0 aromatic carbocycles. The second kappa shape index (κ2) is 21.4. The van der Waals surface area contributed by atoms with Crippen molar-refractivity contribution < 1.29 is 23.0 Å². The van der Waals surface area contributed by atoms with E-state index in [-0.39, 0.29) is 13.2 Å². The average molecular weight is 476 g/mol. The Morgan fingerprint density at radius 2 is 1.00 bits per heavy atom. The minimum atomic E-state index is -4.14. The van der Waals surface area contributed by atoms with E-state index in [4.69, 9.17) is 9.05 Å². The van der Waals surface area contributed by atoms with E-state index in [9.17, 15) is 9.46 Å². The standard InChI is InChI=1S/C26H54NO4P/c1-5-6-7-8-9-10-11-12-13-14-15-16-17-18-19-20-21-22-23-25-30-32(28,29)31-26-24-27(2,3)4/h5H,1,6-26H2,2-4H3. The van der Waals surface area contributed by atoms with Gasteiger partial charge in [0.1, 0.15) is 13.2 Å². The first-order chi connectivity index (χ1) is 15.3. The molecule has 1 unspecified atom stereocenters. The summed E-state index contributed by atoms with van der Waals surface area (Å²) in [5.74, 6) is 0. The molecule has 5 nitrogen and oxygen atoms in total. The van der Waals surface area contributed by atoms with Gasteiger partial charge in [-0.3, -0.25) is 4.57 Å². The molecule has 0 aliphatic heterocycles. The molecule has 0 aliphatic rings. The Morgan fingerprint density at radius 1 is 0.656 bits per heavy atom. The van der Waals surface area contributed by atoms with Crippen LogP contribution in [0.1, 0.15) is 116 Å². The van der Waals surface area contributed by atoms with E-state index in [1.165, 1.54) is 96.3 Å². The van der Waals surface area contributed by atoms with Crippen LogP contribution in [0.4, 0.5) is 0 Å². The van der Waals surface area contributed by atoms with Gasteiger partial charge in [-0.1, -0.05) is 102 Å². The Bertz CT molecular complexity index is 465. The summed E-state index contributed by atoms with van der Waals surface area (Å²) >= 11 is 0. The van der Waals surface area contributed by atoms with Gasteiger partial charge in [0.05, 0.1) is 27.7 Å². The van der Waals surface area contributed by atoms with Crippen molar-refractivity contribution in [3.8, 4) is 0 Å². The van der Waals surface area contributed by atoms with Crippen LogP contribution in [0, 0.1) is 0 Å². The number of hydrogen-bond acceptors (Lipinski definition) is 4. The molecule has 0 radical (unpaired) electrons. The monoisotopic (exact) mass is 475 g/mol. The van der Waals surface area contributed by atoms with Gasteiger partial charge in [-0.15, -0.1) is 6.58 Å². The zero-order valence-corrected chi connectivity index (χ0v) is 22.6. The van der Waals surface area contributed by atoms with Crippen molar-refractivity contribution in [2.45, 2.75) is 116 Å². The first-order valence-electron chi connectivity index (χ1n) is 13.3. The summed E-state index contributed by atoms with van der Waals surface area (Å²) in [6.07, 6.45) is 25.3. The van der Waals surface area contributed by atoms with Crippen LogP contribution in [0.2, 0.25) is 0 Å². The van der Waals surface area contributed by atoms with Gasteiger partial charge in [0.15, 0.2) is 0 Å². The quantitative estimate of drug-likeness (QED) is 0.0597. The van der Waals surface area contributed by atoms with E-state index in [1.807, 2.05) is 27.2 Å². The van der Waals surface area contributed by atoms with Gasteiger partial charge in [0.2, 0.25) is 0 Å². The summed E-state index contributed by atoms with van der Waals surface area (Å²) in [7, 11) is 1.85. The molecule has 0 fully saturated rings. The molecule has 6 heteroatoms. The molecule has 1 atom stereocenters. The van der Waals surface area contributed by atoms with Gasteiger partial charge in [-0.05, 0) is 19.3 Å². The lowest BCUT2D eigenvalue weighted by Gasteiger charge is -2.27. The van der Waals surface area contributed by atoms with Gasteiger partial charge >= 0.3 is 0 Å². The van der Waals surface area contributed by atoms with Gasteiger partial charge in [-0.2, -0.15) is 0 Å². The molecule has 0 amide bonds. The van der Waals surface area contributed by atoms with E-state index in [0.717, 1.165) is 19.3 Å². The number of hydrogen-bond donors (Lipinski definition) is 0. The molecule has 0 saturated heterocycles. The fourth-order valence-electron chi connectivity index (χ4n) is 3.68. The zero-order valence-electron chi connectivity index (χ0n) is 21.7. The van der Waals surface area contributed by atoms with Gasteiger partial charge < -0.3 is 18.4 Å². The number of likely N-dealkylation sites (N-methyl/N-ethyl adjacent to an activating group) is 1.